The van der Waals surface area contributed by atoms with Gasteiger partial charge in [-0.15, -0.1) is 0 Å². The van der Waals surface area contributed by atoms with E-state index in [2.05, 4.69) is 44.3 Å². The van der Waals surface area contributed by atoms with E-state index in [9.17, 15) is 9.90 Å². The first-order valence-corrected chi connectivity index (χ1v) is 10.8. The molecule has 1 N–H and O–H groups in total. The predicted molar refractivity (Wildman–Crippen MR) is 135 cm³/mol. The molecule has 0 aliphatic carbocycles. The number of aliphatic hydroxyl groups excluding tert-OH is 1. The second-order valence-corrected chi connectivity index (χ2v) is 7.83. The quantitative estimate of drug-likeness (QED) is 0.239. The Morgan fingerprint density at radius 2 is 1.88 bits per heavy atom. The molecule has 0 saturated heterocycles. The average molecular weight is 440 g/mol. The molecule has 1 unspecified atom stereocenters. The molecule has 1 atom stereocenters. The highest BCUT2D eigenvalue weighted by Crippen LogP contribution is 2.25. The van der Waals surface area contributed by atoms with E-state index in [1.165, 1.54) is 18.7 Å². The third kappa shape index (κ3) is 6.15. The number of benzene rings is 2. The van der Waals surface area contributed by atoms with Crippen molar-refractivity contribution < 1.29 is 14.6 Å². The van der Waals surface area contributed by atoms with Gasteiger partial charge in [-0.05, 0) is 66.3 Å². The van der Waals surface area contributed by atoms with Crippen LogP contribution in [0.3, 0.4) is 0 Å². The molecule has 33 heavy (non-hydrogen) atoms. The third-order valence-corrected chi connectivity index (χ3v) is 5.50. The summed E-state index contributed by atoms with van der Waals surface area (Å²) in [5.41, 5.74) is 5.87. The molecule has 0 radical (unpaired) electrons. The molecule has 0 saturated carbocycles. The Morgan fingerprint density at radius 1 is 1.09 bits per heavy atom. The first kappa shape index (κ1) is 23.9. The lowest BCUT2D eigenvalue weighted by Gasteiger charge is -2.13. The maximum absolute atomic E-state index is 11.9. The number of aromatic nitrogens is 1. The number of ether oxygens (including phenoxy) is 1. The van der Waals surface area contributed by atoms with Gasteiger partial charge in [0.1, 0.15) is 0 Å². The number of esters is 1. The van der Waals surface area contributed by atoms with Crippen molar-refractivity contribution in [2.24, 2.45) is 0 Å². The van der Waals surface area contributed by atoms with E-state index in [4.69, 9.17) is 9.72 Å². The SMILES string of the molecule is C=C/C(CCC(O)c1cccc(/C=C/c2ccc3ccc(C)cc3n2)c1)=C(\C=C)C(=O)OC. The smallest absolute Gasteiger partial charge is 0.338 e. The summed E-state index contributed by atoms with van der Waals surface area (Å²) in [7, 11) is 1.33. The van der Waals surface area contributed by atoms with Gasteiger partial charge in [-0.25, -0.2) is 9.78 Å². The number of fused-ring (bicyclic) bond motifs is 1. The van der Waals surface area contributed by atoms with Crippen molar-refractivity contribution in [3.63, 3.8) is 0 Å². The summed E-state index contributed by atoms with van der Waals surface area (Å²) in [6, 6.07) is 18.1. The second-order valence-electron chi connectivity index (χ2n) is 7.83. The molecular weight excluding hydrogens is 410 g/mol. The number of hydrogen-bond acceptors (Lipinski definition) is 4. The Morgan fingerprint density at radius 3 is 2.61 bits per heavy atom. The van der Waals surface area contributed by atoms with Crippen molar-refractivity contribution in [1.29, 1.82) is 0 Å². The molecule has 0 fully saturated rings. The van der Waals surface area contributed by atoms with Crippen molar-refractivity contribution in [2.45, 2.75) is 25.9 Å². The minimum Gasteiger partial charge on any atom is -0.465 e. The van der Waals surface area contributed by atoms with Crippen LogP contribution < -0.4 is 0 Å². The second kappa shape index (κ2) is 11.2. The summed E-state index contributed by atoms with van der Waals surface area (Å²) in [5, 5.41) is 11.8. The summed E-state index contributed by atoms with van der Waals surface area (Å²) in [5.74, 6) is -0.459. The van der Waals surface area contributed by atoms with Crippen LogP contribution in [-0.2, 0) is 9.53 Å². The fourth-order valence-corrected chi connectivity index (χ4v) is 3.65. The maximum atomic E-state index is 11.9. The molecule has 0 aliphatic heterocycles. The van der Waals surface area contributed by atoms with Gasteiger partial charge in [0, 0.05) is 5.39 Å². The molecule has 3 aromatic rings. The summed E-state index contributed by atoms with van der Waals surface area (Å²) in [4.78, 5) is 16.6. The molecular formula is C29H29NO3. The van der Waals surface area contributed by atoms with Crippen LogP contribution in [0.25, 0.3) is 23.1 Å². The van der Waals surface area contributed by atoms with Gasteiger partial charge in [0.2, 0.25) is 0 Å². The number of carbonyl (C=O) groups is 1. The van der Waals surface area contributed by atoms with E-state index in [0.717, 1.165) is 27.7 Å². The molecule has 0 spiro atoms. The highest BCUT2D eigenvalue weighted by Gasteiger charge is 2.14. The Kier molecular flexibility index (Phi) is 8.11. The minimum absolute atomic E-state index is 0.370. The van der Waals surface area contributed by atoms with Crippen molar-refractivity contribution in [2.75, 3.05) is 7.11 Å². The summed E-state index contributed by atoms with van der Waals surface area (Å²) >= 11 is 0. The van der Waals surface area contributed by atoms with Crippen LogP contribution in [-0.4, -0.2) is 23.2 Å². The van der Waals surface area contributed by atoms with Crippen molar-refractivity contribution in [1.82, 2.24) is 4.98 Å². The van der Waals surface area contributed by atoms with Gasteiger partial charge in [-0.3, -0.25) is 0 Å². The van der Waals surface area contributed by atoms with E-state index in [1.807, 2.05) is 42.5 Å². The molecule has 4 nitrogen and oxygen atoms in total. The molecule has 1 aromatic heterocycles. The van der Waals surface area contributed by atoms with E-state index in [0.29, 0.717) is 24.0 Å². The molecule has 0 bridgehead atoms. The van der Waals surface area contributed by atoms with Crippen LogP contribution in [0.4, 0.5) is 0 Å². The number of methoxy groups -OCH3 is 1. The fourth-order valence-electron chi connectivity index (χ4n) is 3.65. The highest BCUT2D eigenvalue weighted by molar-refractivity contribution is 5.92. The number of rotatable bonds is 9. The normalized spacial score (nSPS) is 12.9. The Labute approximate surface area is 195 Å². The number of nitrogens with zero attached hydrogens (tertiary/aromatic N) is 1. The van der Waals surface area contributed by atoms with E-state index in [-0.39, 0.29) is 0 Å². The summed E-state index contributed by atoms with van der Waals surface area (Å²) in [6.07, 6.45) is 7.26. The van der Waals surface area contributed by atoms with Gasteiger partial charge in [-0.2, -0.15) is 0 Å². The molecule has 0 aliphatic rings. The zero-order valence-corrected chi connectivity index (χ0v) is 19.1. The Balaban J connectivity index is 1.73. The van der Waals surface area contributed by atoms with Crippen LogP contribution >= 0.6 is 0 Å². The maximum Gasteiger partial charge on any atom is 0.338 e. The first-order chi connectivity index (χ1) is 15.9. The molecule has 4 heteroatoms. The Bertz CT molecular complexity index is 1240. The number of carbonyl (C=O) groups excluding carboxylic acids is 1. The summed E-state index contributed by atoms with van der Waals surface area (Å²) in [6.45, 7) is 9.52. The lowest BCUT2D eigenvalue weighted by Crippen LogP contribution is -2.06. The zero-order chi connectivity index (χ0) is 23.8. The van der Waals surface area contributed by atoms with Gasteiger partial charge in [0.05, 0.1) is 30.0 Å². The Hall–Kier alpha value is -3.76. The monoisotopic (exact) mass is 439 g/mol. The number of hydrogen-bond donors (Lipinski definition) is 1. The minimum atomic E-state index is -0.682. The molecule has 1 heterocycles. The van der Waals surface area contributed by atoms with Crippen molar-refractivity contribution >= 4 is 29.0 Å². The number of pyridine rings is 1. The highest BCUT2D eigenvalue weighted by atomic mass is 16.5. The average Bonchev–Trinajstić information content (AvgIpc) is 2.84. The third-order valence-electron chi connectivity index (χ3n) is 5.50. The molecule has 3 rings (SSSR count). The van der Waals surface area contributed by atoms with Crippen LogP contribution in [0, 0.1) is 6.92 Å². The first-order valence-electron chi connectivity index (χ1n) is 10.8. The number of aliphatic hydroxyl groups is 1. The van der Waals surface area contributed by atoms with Crippen LogP contribution in [0.5, 0.6) is 0 Å². The number of aryl methyl sites for hydroxylation is 1. The van der Waals surface area contributed by atoms with E-state index < -0.39 is 12.1 Å². The lowest BCUT2D eigenvalue weighted by atomic mass is 9.97. The predicted octanol–water partition coefficient (Wildman–Crippen LogP) is 6.37. The topological polar surface area (TPSA) is 59.4 Å². The van der Waals surface area contributed by atoms with Crippen LogP contribution in [0.15, 0.2) is 91.1 Å². The van der Waals surface area contributed by atoms with Crippen molar-refractivity contribution in [3.05, 3.63) is 113 Å². The van der Waals surface area contributed by atoms with Gasteiger partial charge in [0.15, 0.2) is 0 Å². The summed E-state index contributed by atoms with van der Waals surface area (Å²) < 4.78 is 4.79. The number of allylic oxidation sites excluding steroid dienone is 2. The van der Waals surface area contributed by atoms with Gasteiger partial charge >= 0.3 is 5.97 Å². The van der Waals surface area contributed by atoms with Crippen molar-refractivity contribution in [3.8, 4) is 0 Å². The lowest BCUT2D eigenvalue weighted by molar-refractivity contribution is -0.135. The fraction of sp³-hybridized carbons (Fsp3) is 0.172. The van der Waals surface area contributed by atoms with Crippen LogP contribution in [0.2, 0.25) is 0 Å². The largest absolute Gasteiger partial charge is 0.465 e. The molecule has 0 amide bonds. The van der Waals surface area contributed by atoms with E-state index in [1.54, 1.807) is 6.08 Å². The standard InChI is InChI=1S/C29H29NO3/c1-5-22(26(6-2)29(32)33-4)14-17-28(31)24-9-7-8-21(19-24)11-15-25-16-13-23-12-10-20(3)18-27(23)30-25/h5-13,15-16,18-19,28,31H,1-2,14,17H2,3-4H3/b15-11+,26-22-. The van der Waals surface area contributed by atoms with Gasteiger partial charge < -0.3 is 9.84 Å². The van der Waals surface area contributed by atoms with E-state index >= 15 is 0 Å². The van der Waals surface area contributed by atoms with Gasteiger partial charge in [0.25, 0.3) is 0 Å². The zero-order valence-electron chi connectivity index (χ0n) is 19.1. The molecule has 2 aromatic carbocycles. The molecule has 168 valence electrons. The van der Waals surface area contributed by atoms with Gasteiger partial charge in [-0.1, -0.05) is 67.8 Å². The van der Waals surface area contributed by atoms with Crippen LogP contribution in [0.1, 0.15) is 41.3 Å².